The highest BCUT2D eigenvalue weighted by Gasteiger charge is 2.27. The van der Waals surface area contributed by atoms with Gasteiger partial charge in [0.25, 0.3) is 0 Å². The molecular weight excluding hydrogens is 472 g/mol. The molecule has 2 rings (SSSR count). The van der Waals surface area contributed by atoms with E-state index in [1.54, 1.807) is 6.29 Å². The van der Waals surface area contributed by atoms with Crippen LogP contribution in [0.1, 0.15) is 56.9 Å². The van der Waals surface area contributed by atoms with Gasteiger partial charge in [-0.25, -0.2) is 0 Å². The molecule has 1 aliphatic carbocycles. The number of aliphatic hydroxyl groups excluding tert-OH is 1. The molecule has 0 unspecified atom stereocenters. The number of hydrogen-bond acceptors (Lipinski definition) is 5. The number of aliphatic hydroxyl groups is 1. The van der Waals surface area contributed by atoms with Gasteiger partial charge in [0.05, 0.1) is 52.8 Å². The maximum Gasteiger partial charge on any atom is 0.243 e. The lowest BCUT2D eigenvalue weighted by atomic mass is 9.83. The normalized spacial score (nSPS) is 16.8. The minimum absolute atomic E-state index is 0.178. The summed E-state index contributed by atoms with van der Waals surface area (Å²) in [6.07, 6.45) is 7.20. The van der Waals surface area contributed by atoms with Gasteiger partial charge >= 0.3 is 0 Å². The molecule has 9 nitrogen and oxygen atoms in total. The monoisotopic (exact) mass is 516 g/mol. The largest absolute Gasteiger partial charge is 0.391 e. The van der Waals surface area contributed by atoms with Crippen LogP contribution in [0.2, 0.25) is 0 Å². The number of benzene rings is 1. The Bertz CT molecular complexity index is 865. The van der Waals surface area contributed by atoms with Gasteiger partial charge in [-0.15, -0.1) is 0 Å². The number of rotatable bonds is 15. The van der Waals surface area contributed by atoms with Gasteiger partial charge in [-0.05, 0) is 17.9 Å². The van der Waals surface area contributed by atoms with E-state index in [2.05, 4.69) is 16.0 Å². The van der Waals surface area contributed by atoms with E-state index in [-0.39, 0.29) is 25.3 Å². The van der Waals surface area contributed by atoms with Crippen molar-refractivity contribution in [3.8, 4) is 0 Å². The Labute approximate surface area is 221 Å². The molecular formula is C28H44N4O5+. The van der Waals surface area contributed by atoms with E-state index in [4.69, 9.17) is 0 Å². The molecule has 0 heterocycles. The van der Waals surface area contributed by atoms with Crippen LogP contribution >= 0.6 is 0 Å². The van der Waals surface area contributed by atoms with E-state index in [1.165, 1.54) is 6.42 Å². The standard InChI is InChI=1S/C28H43N4O5/c1-32(2,3)16-14-26(35)31-24(19-22-12-8-5-9-13-22)28(37)29-20-27(36)30-23(25(34)15-17-33)18-21-10-6-4-7-11-21/h5,8-9,12-13,21,23-25,34H,4,6-7,10-11,14-16,18-20H2,1-3H3,(H2-,29,30,31,35,36,37)/p+1/t23-,24-,25-/m0/s1. The van der Waals surface area contributed by atoms with Crippen LogP contribution in [0, 0.1) is 5.92 Å². The number of carbonyl (C=O) groups excluding carboxylic acids is 4. The van der Waals surface area contributed by atoms with Crippen LogP contribution in [-0.2, 0) is 25.6 Å². The second-order valence-corrected chi connectivity index (χ2v) is 11.1. The van der Waals surface area contributed by atoms with E-state index in [0.29, 0.717) is 29.8 Å². The fraction of sp³-hybridized carbons (Fsp3) is 0.643. The fourth-order valence-corrected chi connectivity index (χ4v) is 4.63. The Morgan fingerprint density at radius 1 is 1.03 bits per heavy atom. The molecule has 0 saturated heterocycles. The molecule has 9 heteroatoms. The van der Waals surface area contributed by atoms with Crippen LogP contribution in [0.3, 0.4) is 0 Å². The van der Waals surface area contributed by atoms with E-state index in [1.807, 2.05) is 51.5 Å². The highest BCUT2D eigenvalue weighted by molar-refractivity contribution is 5.90. The summed E-state index contributed by atoms with van der Waals surface area (Å²) in [6.45, 7) is 0.328. The lowest BCUT2D eigenvalue weighted by molar-refractivity contribution is -0.869. The summed E-state index contributed by atoms with van der Waals surface area (Å²) in [5.41, 5.74) is 0.889. The molecule has 1 aliphatic rings. The lowest BCUT2D eigenvalue weighted by Gasteiger charge is -2.29. The number of hydrogen-bond donors (Lipinski definition) is 4. The van der Waals surface area contributed by atoms with Crippen molar-refractivity contribution in [2.75, 3.05) is 34.2 Å². The smallest absolute Gasteiger partial charge is 0.243 e. The average molecular weight is 517 g/mol. The number of nitrogens with zero attached hydrogens (tertiary/aromatic N) is 1. The molecule has 0 spiro atoms. The SMILES string of the molecule is C[N+](C)(C)CCC(=O)N[C@@H](Cc1ccccc1)C(=O)NCC(=O)N[C@@H](CC1CCCCC1)[C@@H](O)C[C]=O. The molecule has 205 valence electrons. The first-order valence-electron chi connectivity index (χ1n) is 13.3. The minimum Gasteiger partial charge on any atom is -0.391 e. The van der Waals surface area contributed by atoms with Crippen molar-refractivity contribution >= 4 is 24.0 Å². The van der Waals surface area contributed by atoms with E-state index in [0.717, 1.165) is 31.2 Å². The van der Waals surface area contributed by atoms with Crippen LogP contribution in [0.5, 0.6) is 0 Å². The Kier molecular flexibility index (Phi) is 12.7. The van der Waals surface area contributed by atoms with Gasteiger partial charge in [0.1, 0.15) is 6.04 Å². The summed E-state index contributed by atoms with van der Waals surface area (Å²) in [5, 5.41) is 18.7. The zero-order valence-electron chi connectivity index (χ0n) is 22.5. The molecule has 0 aromatic heterocycles. The third-order valence-electron chi connectivity index (χ3n) is 6.78. The van der Waals surface area contributed by atoms with Gasteiger partial charge in [-0.1, -0.05) is 62.4 Å². The van der Waals surface area contributed by atoms with Gasteiger partial charge in [-0.2, -0.15) is 0 Å². The molecule has 0 aliphatic heterocycles. The van der Waals surface area contributed by atoms with Crippen molar-refractivity contribution < 1.29 is 28.8 Å². The fourth-order valence-electron chi connectivity index (χ4n) is 4.63. The topological polar surface area (TPSA) is 125 Å². The zero-order chi connectivity index (χ0) is 27.3. The summed E-state index contributed by atoms with van der Waals surface area (Å²) in [6, 6.07) is 7.96. The second kappa shape index (κ2) is 15.5. The molecule has 1 aromatic rings. The second-order valence-electron chi connectivity index (χ2n) is 11.1. The first kappa shape index (κ1) is 30.4. The van der Waals surface area contributed by atoms with Crippen molar-refractivity contribution in [3.05, 3.63) is 35.9 Å². The third kappa shape index (κ3) is 12.3. The van der Waals surface area contributed by atoms with Crippen molar-refractivity contribution in [1.82, 2.24) is 16.0 Å². The maximum absolute atomic E-state index is 13.0. The molecule has 1 saturated carbocycles. The third-order valence-corrected chi connectivity index (χ3v) is 6.78. The molecule has 1 aromatic carbocycles. The molecule has 1 radical (unpaired) electrons. The first-order valence-corrected chi connectivity index (χ1v) is 13.3. The molecule has 0 bridgehead atoms. The lowest BCUT2D eigenvalue weighted by Crippen LogP contribution is -2.52. The van der Waals surface area contributed by atoms with Crippen LogP contribution in [0.4, 0.5) is 0 Å². The number of nitrogens with one attached hydrogen (secondary N) is 3. The van der Waals surface area contributed by atoms with Crippen LogP contribution in [0.25, 0.3) is 0 Å². The van der Waals surface area contributed by atoms with Gasteiger partial charge in [0.2, 0.25) is 24.0 Å². The van der Waals surface area contributed by atoms with Crippen LogP contribution < -0.4 is 16.0 Å². The molecule has 37 heavy (non-hydrogen) atoms. The van der Waals surface area contributed by atoms with Crippen molar-refractivity contribution in [2.24, 2.45) is 5.92 Å². The van der Waals surface area contributed by atoms with Crippen molar-refractivity contribution in [2.45, 2.75) is 76.0 Å². The number of carbonyl (C=O) groups is 3. The minimum atomic E-state index is -1.02. The molecule has 1 fully saturated rings. The first-order chi connectivity index (χ1) is 17.6. The van der Waals surface area contributed by atoms with Gasteiger partial charge in [-0.3, -0.25) is 19.2 Å². The highest BCUT2D eigenvalue weighted by atomic mass is 16.3. The summed E-state index contributed by atoms with van der Waals surface area (Å²) < 4.78 is 0.624. The zero-order valence-corrected chi connectivity index (χ0v) is 22.5. The molecule has 4 N–H and O–H groups in total. The van der Waals surface area contributed by atoms with E-state index >= 15 is 0 Å². The Hall–Kier alpha value is -2.78. The molecule has 3 atom stereocenters. The summed E-state index contributed by atoms with van der Waals surface area (Å²) >= 11 is 0. The Balaban J connectivity index is 1.97. The molecule has 3 amide bonds. The van der Waals surface area contributed by atoms with E-state index in [9.17, 15) is 24.3 Å². The van der Waals surface area contributed by atoms with Crippen molar-refractivity contribution in [3.63, 3.8) is 0 Å². The number of quaternary nitrogens is 1. The van der Waals surface area contributed by atoms with Crippen LogP contribution in [-0.4, -0.2) is 86.0 Å². The quantitative estimate of drug-likeness (QED) is 0.261. The van der Waals surface area contributed by atoms with Gasteiger partial charge in [0.15, 0.2) is 0 Å². The average Bonchev–Trinajstić information content (AvgIpc) is 2.86. The highest BCUT2D eigenvalue weighted by Crippen LogP contribution is 2.28. The van der Waals surface area contributed by atoms with Crippen LogP contribution in [0.15, 0.2) is 30.3 Å². The predicted octanol–water partition coefficient (Wildman–Crippen LogP) is 1.24. The number of amides is 3. The summed E-state index contributed by atoms with van der Waals surface area (Å²) in [7, 11) is 5.98. The van der Waals surface area contributed by atoms with E-state index < -0.39 is 30.0 Å². The maximum atomic E-state index is 13.0. The Morgan fingerprint density at radius 2 is 1.70 bits per heavy atom. The van der Waals surface area contributed by atoms with Gasteiger partial charge in [0, 0.05) is 12.8 Å². The summed E-state index contributed by atoms with van der Waals surface area (Å²) in [4.78, 5) is 49.1. The van der Waals surface area contributed by atoms with Gasteiger partial charge < -0.3 is 25.5 Å². The predicted molar refractivity (Wildman–Crippen MR) is 142 cm³/mol. The Morgan fingerprint density at radius 3 is 2.32 bits per heavy atom. The summed E-state index contributed by atoms with van der Waals surface area (Å²) in [5.74, 6) is -0.751. The van der Waals surface area contributed by atoms with Crippen molar-refractivity contribution in [1.29, 1.82) is 0 Å².